The summed E-state index contributed by atoms with van der Waals surface area (Å²) < 4.78 is 1.80. The standard InChI is InChI=1S/C17H22N4OS/c1-13-9-20(11-14-8-18-19(2)10-14)12-17(22)21(13)15-6-4-5-7-16(15)23-3/h4-8,10,13H,9,11-12H2,1-3H3. The molecule has 5 nitrogen and oxygen atoms in total. The van der Waals surface area contributed by atoms with Gasteiger partial charge in [-0.3, -0.25) is 14.4 Å². The molecule has 2 heterocycles. The van der Waals surface area contributed by atoms with Gasteiger partial charge in [-0.2, -0.15) is 5.10 Å². The number of hydrogen-bond acceptors (Lipinski definition) is 4. The third kappa shape index (κ3) is 3.43. The van der Waals surface area contributed by atoms with E-state index in [1.54, 1.807) is 16.4 Å². The Bertz CT molecular complexity index is 699. The van der Waals surface area contributed by atoms with E-state index in [9.17, 15) is 4.79 Å². The van der Waals surface area contributed by atoms with Gasteiger partial charge in [-0.1, -0.05) is 12.1 Å². The SMILES string of the molecule is CSc1ccccc1N1C(=O)CN(Cc2cnn(C)c2)CC1C. The summed E-state index contributed by atoms with van der Waals surface area (Å²) in [6.07, 6.45) is 5.92. The maximum Gasteiger partial charge on any atom is 0.241 e. The number of benzene rings is 1. The second-order valence-electron chi connectivity index (χ2n) is 5.98. The molecule has 0 radical (unpaired) electrons. The van der Waals surface area contributed by atoms with Crippen molar-refractivity contribution in [2.75, 3.05) is 24.2 Å². The van der Waals surface area contributed by atoms with Crippen LogP contribution in [-0.4, -0.2) is 46.0 Å². The second kappa shape index (κ2) is 6.76. The minimum absolute atomic E-state index is 0.154. The Labute approximate surface area is 141 Å². The van der Waals surface area contributed by atoms with Gasteiger partial charge in [0.05, 0.1) is 18.4 Å². The lowest BCUT2D eigenvalue weighted by Gasteiger charge is -2.40. The van der Waals surface area contributed by atoms with Gasteiger partial charge >= 0.3 is 0 Å². The summed E-state index contributed by atoms with van der Waals surface area (Å²) in [5.41, 5.74) is 2.17. The van der Waals surface area contributed by atoms with Crippen LogP contribution >= 0.6 is 11.8 Å². The van der Waals surface area contributed by atoms with E-state index in [0.29, 0.717) is 6.54 Å². The zero-order chi connectivity index (χ0) is 16.4. The molecule has 0 N–H and O–H groups in total. The number of para-hydroxylation sites is 1. The van der Waals surface area contributed by atoms with Gasteiger partial charge in [-0.25, -0.2) is 0 Å². The van der Waals surface area contributed by atoms with Crippen molar-refractivity contribution in [3.63, 3.8) is 0 Å². The average Bonchev–Trinajstić information content (AvgIpc) is 2.92. The first-order valence-corrected chi connectivity index (χ1v) is 8.96. The van der Waals surface area contributed by atoms with Crippen molar-refractivity contribution in [2.45, 2.75) is 24.4 Å². The van der Waals surface area contributed by atoms with Gasteiger partial charge in [0, 0.05) is 42.8 Å². The molecular weight excluding hydrogens is 308 g/mol. The average molecular weight is 330 g/mol. The van der Waals surface area contributed by atoms with E-state index in [0.717, 1.165) is 29.2 Å². The third-order valence-corrected chi connectivity index (χ3v) is 4.89. The summed E-state index contributed by atoms with van der Waals surface area (Å²) in [7, 11) is 1.91. The van der Waals surface area contributed by atoms with Crippen molar-refractivity contribution in [1.82, 2.24) is 14.7 Å². The molecule has 3 rings (SSSR count). The molecule has 1 aliphatic heterocycles. The van der Waals surface area contributed by atoms with Crippen molar-refractivity contribution in [2.24, 2.45) is 7.05 Å². The van der Waals surface area contributed by atoms with Gasteiger partial charge in [-0.15, -0.1) is 11.8 Å². The molecule has 1 unspecified atom stereocenters. The number of rotatable bonds is 4. The molecule has 1 amide bonds. The molecule has 1 aliphatic rings. The van der Waals surface area contributed by atoms with Crippen LogP contribution in [0.1, 0.15) is 12.5 Å². The van der Waals surface area contributed by atoms with E-state index >= 15 is 0 Å². The van der Waals surface area contributed by atoms with Gasteiger partial charge < -0.3 is 4.90 Å². The van der Waals surface area contributed by atoms with Gasteiger partial charge in [0.25, 0.3) is 0 Å². The monoisotopic (exact) mass is 330 g/mol. The van der Waals surface area contributed by atoms with Crippen LogP contribution in [0.4, 0.5) is 5.69 Å². The van der Waals surface area contributed by atoms with Crippen molar-refractivity contribution in [1.29, 1.82) is 0 Å². The number of aryl methyl sites for hydroxylation is 1. The summed E-state index contributed by atoms with van der Waals surface area (Å²) in [6.45, 7) is 4.19. The topological polar surface area (TPSA) is 41.4 Å². The van der Waals surface area contributed by atoms with Crippen LogP contribution in [0.2, 0.25) is 0 Å². The molecule has 0 spiro atoms. The van der Waals surface area contributed by atoms with Gasteiger partial charge in [0.15, 0.2) is 0 Å². The van der Waals surface area contributed by atoms with E-state index in [1.165, 1.54) is 0 Å². The number of amides is 1. The molecule has 0 aliphatic carbocycles. The highest BCUT2D eigenvalue weighted by molar-refractivity contribution is 7.98. The lowest BCUT2D eigenvalue weighted by molar-refractivity contribution is -0.122. The molecule has 1 aromatic carbocycles. The maximum atomic E-state index is 12.7. The zero-order valence-corrected chi connectivity index (χ0v) is 14.6. The number of thioether (sulfide) groups is 1. The number of carbonyl (C=O) groups is 1. The van der Waals surface area contributed by atoms with E-state index < -0.39 is 0 Å². The Morgan fingerprint density at radius 2 is 2.13 bits per heavy atom. The first kappa shape index (κ1) is 16.1. The first-order valence-electron chi connectivity index (χ1n) is 7.73. The van der Waals surface area contributed by atoms with Crippen LogP contribution in [-0.2, 0) is 18.4 Å². The third-order valence-electron chi connectivity index (χ3n) is 4.10. The molecule has 6 heteroatoms. The maximum absolute atomic E-state index is 12.7. The van der Waals surface area contributed by atoms with Crippen molar-refractivity contribution in [3.05, 3.63) is 42.2 Å². The summed E-state index contributed by atoms with van der Waals surface area (Å²) >= 11 is 1.68. The Hall–Kier alpha value is -1.79. The van der Waals surface area contributed by atoms with Gasteiger partial charge in [0.1, 0.15) is 0 Å². The predicted octanol–water partition coefficient (Wildman–Crippen LogP) is 2.38. The highest BCUT2D eigenvalue weighted by Gasteiger charge is 2.31. The minimum atomic E-state index is 0.154. The molecule has 1 aromatic heterocycles. The number of aromatic nitrogens is 2. The smallest absolute Gasteiger partial charge is 0.241 e. The predicted molar refractivity (Wildman–Crippen MR) is 93.7 cm³/mol. The Morgan fingerprint density at radius 3 is 2.78 bits per heavy atom. The Balaban J connectivity index is 1.76. The van der Waals surface area contributed by atoms with E-state index in [1.807, 2.05) is 48.8 Å². The van der Waals surface area contributed by atoms with E-state index in [2.05, 4.69) is 23.0 Å². The Morgan fingerprint density at radius 1 is 1.35 bits per heavy atom. The summed E-state index contributed by atoms with van der Waals surface area (Å²) in [5, 5.41) is 4.20. The fraction of sp³-hybridized carbons (Fsp3) is 0.412. The number of nitrogens with zero attached hydrogens (tertiary/aromatic N) is 4. The molecule has 1 saturated heterocycles. The van der Waals surface area contributed by atoms with Crippen LogP contribution in [0.3, 0.4) is 0 Å². The molecule has 2 aromatic rings. The van der Waals surface area contributed by atoms with E-state index in [4.69, 9.17) is 0 Å². The molecule has 1 fully saturated rings. The normalized spacial score (nSPS) is 19.3. The number of hydrogen-bond donors (Lipinski definition) is 0. The Kier molecular flexibility index (Phi) is 4.73. The fourth-order valence-electron chi connectivity index (χ4n) is 3.17. The summed E-state index contributed by atoms with van der Waals surface area (Å²) in [6, 6.07) is 8.28. The molecule has 23 heavy (non-hydrogen) atoms. The largest absolute Gasteiger partial charge is 0.306 e. The number of carbonyl (C=O) groups excluding carboxylic acids is 1. The molecule has 0 saturated carbocycles. The highest BCUT2D eigenvalue weighted by Crippen LogP contribution is 2.31. The highest BCUT2D eigenvalue weighted by atomic mass is 32.2. The number of piperazine rings is 1. The summed E-state index contributed by atoms with van der Waals surface area (Å²) in [4.78, 5) is 18.0. The molecule has 0 bridgehead atoms. The van der Waals surface area contributed by atoms with Crippen LogP contribution in [0.5, 0.6) is 0 Å². The number of anilines is 1. The summed E-state index contributed by atoms with van der Waals surface area (Å²) in [5.74, 6) is 0.161. The fourth-order valence-corrected chi connectivity index (χ4v) is 3.76. The van der Waals surface area contributed by atoms with Crippen molar-refractivity contribution < 1.29 is 4.79 Å². The first-order chi connectivity index (χ1) is 11.1. The van der Waals surface area contributed by atoms with Crippen molar-refractivity contribution in [3.8, 4) is 0 Å². The van der Waals surface area contributed by atoms with Crippen molar-refractivity contribution >= 4 is 23.4 Å². The van der Waals surface area contributed by atoms with Crippen LogP contribution < -0.4 is 4.90 Å². The lowest BCUT2D eigenvalue weighted by atomic mass is 10.1. The van der Waals surface area contributed by atoms with Crippen LogP contribution in [0, 0.1) is 0 Å². The molecule has 1 atom stereocenters. The molecule has 122 valence electrons. The van der Waals surface area contributed by atoms with Crippen LogP contribution in [0.15, 0.2) is 41.6 Å². The lowest BCUT2D eigenvalue weighted by Crippen LogP contribution is -2.55. The van der Waals surface area contributed by atoms with Gasteiger partial charge in [-0.05, 0) is 25.3 Å². The molecular formula is C17H22N4OS. The van der Waals surface area contributed by atoms with Gasteiger partial charge in [0.2, 0.25) is 5.91 Å². The minimum Gasteiger partial charge on any atom is -0.306 e. The second-order valence-corrected chi connectivity index (χ2v) is 6.82. The quantitative estimate of drug-likeness (QED) is 0.807. The zero-order valence-electron chi connectivity index (χ0n) is 13.8. The van der Waals surface area contributed by atoms with E-state index in [-0.39, 0.29) is 11.9 Å². The van der Waals surface area contributed by atoms with Crippen LogP contribution in [0.25, 0.3) is 0 Å².